The van der Waals surface area contributed by atoms with Gasteiger partial charge >= 0.3 is 0 Å². The van der Waals surface area contributed by atoms with E-state index in [4.69, 9.17) is 10.2 Å². The molecule has 0 atom stereocenters. The molecule has 0 aliphatic carbocycles. The zero-order valence-electron chi connectivity index (χ0n) is 9.38. The van der Waals surface area contributed by atoms with Crippen LogP contribution in [0.3, 0.4) is 0 Å². The van der Waals surface area contributed by atoms with Gasteiger partial charge in [0, 0.05) is 12.1 Å². The van der Waals surface area contributed by atoms with E-state index >= 15 is 0 Å². The summed E-state index contributed by atoms with van der Waals surface area (Å²) in [6.07, 6.45) is 8.45. The van der Waals surface area contributed by atoms with Crippen LogP contribution in [0.5, 0.6) is 0 Å². The van der Waals surface area contributed by atoms with E-state index < -0.39 is 6.29 Å². The highest BCUT2D eigenvalue weighted by Gasteiger charge is 2.01. The van der Waals surface area contributed by atoms with E-state index in [2.05, 4.69) is 5.32 Å². The zero-order valence-corrected chi connectivity index (χ0v) is 9.38. The molecule has 1 aromatic rings. The molecule has 1 aliphatic heterocycles. The number of allylic oxidation sites excluding steroid dienone is 2. The molecule has 0 amide bonds. The fourth-order valence-electron chi connectivity index (χ4n) is 1.62. The summed E-state index contributed by atoms with van der Waals surface area (Å²) >= 11 is 0. The number of nitrogens with one attached hydrogen (secondary N) is 1. The maximum atomic E-state index is 9.07. The van der Waals surface area contributed by atoms with Crippen LogP contribution in [0.15, 0.2) is 54.3 Å². The molecule has 0 spiro atoms. The Balaban J connectivity index is 2.12. The Morgan fingerprint density at radius 1 is 1.24 bits per heavy atom. The molecule has 0 aromatic heterocycles. The Morgan fingerprint density at radius 2 is 2.12 bits per heavy atom. The molecule has 0 saturated heterocycles. The van der Waals surface area contributed by atoms with Crippen LogP contribution in [0.1, 0.15) is 17.4 Å². The molecule has 1 aliphatic rings. The highest BCUT2D eigenvalue weighted by Crippen LogP contribution is 2.14. The summed E-state index contributed by atoms with van der Waals surface area (Å²) in [6, 6.07) is 7.18. The van der Waals surface area contributed by atoms with Crippen molar-refractivity contribution < 1.29 is 10.2 Å². The fraction of sp³-hybridized carbons (Fsp3) is 0.143. The van der Waals surface area contributed by atoms with Crippen LogP contribution < -0.4 is 5.32 Å². The van der Waals surface area contributed by atoms with Gasteiger partial charge in [-0.05, 0) is 29.5 Å². The zero-order chi connectivity index (χ0) is 12.1. The molecule has 0 radical (unpaired) electrons. The second kappa shape index (κ2) is 5.48. The van der Waals surface area contributed by atoms with Crippen LogP contribution in [-0.2, 0) is 0 Å². The van der Waals surface area contributed by atoms with Crippen molar-refractivity contribution >= 4 is 6.08 Å². The second-order valence-electron chi connectivity index (χ2n) is 3.86. The summed E-state index contributed by atoms with van der Waals surface area (Å²) in [6.45, 7) is 0.815. The number of aliphatic hydroxyl groups excluding tert-OH is 1. The van der Waals surface area contributed by atoms with Crippen molar-refractivity contribution in [2.75, 3.05) is 6.54 Å². The molecule has 88 valence electrons. The minimum absolute atomic E-state index is 0.503. The minimum Gasteiger partial charge on any atom is -0.387 e. The van der Waals surface area contributed by atoms with Gasteiger partial charge in [0.25, 0.3) is 0 Å². The van der Waals surface area contributed by atoms with E-state index in [1.54, 1.807) is 12.1 Å². The molecule has 0 unspecified atom stereocenters. The Bertz CT molecular complexity index is 473. The lowest BCUT2D eigenvalue weighted by atomic mass is 10.1. The van der Waals surface area contributed by atoms with E-state index in [-0.39, 0.29) is 0 Å². The van der Waals surface area contributed by atoms with Gasteiger partial charge in [0.1, 0.15) is 0 Å². The van der Waals surface area contributed by atoms with E-state index in [9.17, 15) is 0 Å². The van der Waals surface area contributed by atoms with Gasteiger partial charge in [-0.2, -0.15) is 0 Å². The molecule has 0 fully saturated rings. The van der Waals surface area contributed by atoms with Gasteiger partial charge in [-0.3, -0.25) is 0 Å². The summed E-state index contributed by atoms with van der Waals surface area (Å²) in [7, 11) is 0. The van der Waals surface area contributed by atoms with Gasteiger partial charge in [0.05, 0.1) is 0 Å². The second-order valence-corrected chi connectivity index (χ2v) is 3.86. The largest absolute Gasteiger partial charge is 0.387 e. The third-order valence-electron chi connectivity index (χ3n) is 2.53. The fourth-order valence-corrected chi connectivity index (χ4v) is 1.62. The molecule has 0 bridgehead atoms. The van der Waals surface area contributed by atoms with Crippen molar-refractivity contribution in [1.82, 2.24) is 5.32 Å². The van der Waals surface area contributed by atoms with Crippen molar-refractivity contribution in [2.24, 2.45) is 0 Å². The lowest BCUT2D eigenvalue weighted by Gasteiger charge is -2.06. The predicted molar refractivity (Wildman–Crippen MR) is 67.9 cm³/mol. The third-order valence-corrected chi connectivity index (χ3v) is 2.53. The van der Waals surface area contributed by atoms with Crippen LogP contribution in [0.4, 0.5) is 0 Å². The lowest BCUT2D eigenvalue weighted by Crippen LogP contribution is -2.10. The summed E-state index contributed by atoms with van der Waals surface area (Å²) in [4.78, 5) is 0. The molecule has 0 saturated carbocycles. The Hall–Kier alpha value is -1.84. The molecule has 1 aromatic carbocycles. The summed E-state index contributed by atoms with van der Waals surface area (Å²) in [5, 5.41) is 21.3. The molecular formula is C14H15NO2. The van der Waals surface area contributed by atoms with E-state index in [0.29, 0.717) is 5.56 Å². The predicted octanol–water partition coefficient (Wildman–Crippen LogP) is 1.73. The summed E-state index contributed by atoms with van der Waals surface area (Å²) in [5.41, 5.74) is 2.64. The van der Waals surface area contributed by atoms with Gasteiger partial charge in [0.2, 0.25) is 0 Å². The number of aliphatic hydroxyl groups is 2. The average Bonchev–Trinajstić information content (AvgIpc) is 2.38. The lowest BCUT2D eigenvalue weighted by molar-refractivity contribution is -0.0424. The summed E-state index contributed by atoms with van der Waals surface area (Å²) < 4.78 is 0. The third kappa shape index (κ3) is 3.31. The van der Waals surface area contributed by atoms with Crippen LogP contribution in [0.2, 0.25) is 0 Å². The van der Waals surface area contributed by atoms with Crippen molar-refractivity contribution in [3.8, 4) is 0 Å². The highest BCUT2D eigenvalue weighted by atomic mass is 16.5. The minimum atomic E-state index is -1.41. The van der Waals surface area contributed by atoms with Gasteiger partial charge in [0.15, 0.2) is 6.29 Å². The van der Waals surface area contributed by atoms with E-state index in [1.807, 2.05) is 42.6 Å². The van der Waals surface area contributed by atoms with Gasteiger partial charge in [-0.25, -0.2) is 0 Å². The van der Waals surface area contributed by atoms with Crippen molar-refractivity contribution in [3.05, 3.63) is 65.4 Å². The molecule has 17 heavy (non-hydrogen) atoms. The van der Waals surface area contributed by atoms with Gasteiger partial charge in [-0.1, -0.05) is 36.4 Å². The number of hydrogen-bond acceptors (Lipinski definition) is 3. The SMILES string of the molecule is OC(O)c1cccc(C=CC2=CC=CNC2)c1. The molecule has 2 rings (SSSR count). The topological polar surface area (TPSA) is 52.5 Å². The molecule has 1 heterocycles. The van der Waals surface area contributed by atoms with Gasteiger partial charge in [-0.15, -0.1) is 0 Å². The Morgan fingerprint density at radius 3 is 2.82 bits per heavy atom. The van der Waals surface area contributed by atoms with E-state index in [1.165, 1.54) is 5.57 Å². The van der Waals surface area contributed by atoms with Crippen molar-refractivity contribution in [2.45, 2.75) is 6.29 Å². The first kappa shape index (κ1) is 11.6. The average molecular weight is 229 g/mol. The number of hydrogen-bond donors (Lipinski definition) is 3. The Labute approximate surface area is 100 Å². The normalized spacial score (nSPS) is 15.1. The number of benzene rings is 1. The smallest absolute Gasteiger partial charge is 0.178 e. The molecular weight excluding hydrogens is 214 g/mol. The van der Waals surface area contributed by atoms with Crippen LogP contribution in [0.25, 0.3) is 6.08 Å². The highest BCUT2D eigenvalue weighted by molar-refractivity contribution is 5.54. The molecule has 3 nitrogen and oxygen atoms in total. The van der Waals surface area contributed by atoms with Crippen molar-refractivity contribution in [1.29, 1.82) is 0 Å². The first-order valence-electron chi connectivity index (χ1n) is 5.49. The quantitative estimate of drug-likeness (QED) is 0.692. The van der Waals surface area contributed by atoms with Gasteiger partial charge < -0.3 is 15.5 Å². The number of dihydropyridines is 1. The van der Waals surface area contributed by atoms with E-state index in [0.717, 1.165) is 12.1 Å². The molecule has 3 N–H and O–H groups in total. The van der Waals surface area contributed by atoms with Crippen LogP contribution >= 0.6 is 0 Å². The maximum Gasteiger partial charge on any atom is 0.178 e. The first-order valence-corrected chi connectivity index (χ1v) is 5.49. The molecule has 3 heteroatoms. The Kier molecular flexibility index (Phi) is 3.75. The monoisotopic (exact) mass is 229 g/mol. The summed E-state index contributed by atoms with van der Waals surface area (Å²) in [5.74, 6) is 0. The standard InChI is InChI=1S/C14H15NO2/c16-14(17)13-5-1-3-11(9-13)6-7-12-4-2-8-15-10-12/h1-9,14-17H,10H2. The van der Waals surface area contributed by atoms with Crippen molar-refractivity contribution in [3.63, 3.8) is 0 Å². The first-order chi connectivity index (χ1) is 8.25. The van der Waals surface area contributed by atoms with Crippen LogP contribution in [0, 0.1) is 0 Å². The maximum absolute atomic E-state index is 9.07. The number of rotatable bonds is 3. The van der Waals surface area contributed by atoms with Crippen LogP contribution in [-0.4, -0.2) is 16.8 Å².